The molecule has 0 bridgehead atoms. The third-order valence-corrected chi connectivity index (χ3v) is 5.59. The van der Waals surface area contributed by atoms with Crippen LogP contribution in [0.1, 0.15) is 64.1 Å². The van der Waals surface area contributed by atoms with Gasteiger partial charge in [0.2, 0.25) is 0 Å². The molecule has 2 amide bonds. The van der Waals surface area contributed by atoms with Crippen LogP contribution in [0.5, 0.6) is 0 Å². The van der Waals surface area contributed by atoms with Crippen molar-refractivity contribution in [2.24, 2.45) is 11.8 Å². The van der Waals surface area contributed by atoms with Gasteiger partial charge in [0, 0.05) is 32.2 Å². The van der Waals surface area contributed by atoms with E-state index in [1.807, 2.05) is 4.90 Å². The van der Waals surface area contributed by atoms with Crippen molar-refractivity contribution in [3.8, 4) is 0 Å². The highest BCUT2D eigenvalue weighted by Gasteiger charge is 2.44. The quantitative estimate of drug-likeness (QED) is 0.766. The number of piperidine rings is 1. The fourth-order valence-electron chi connectivity index (χ4n) is 3.76. The Morgan fingerprint density at radius 3 is 2.73 bits per heavy atom. The van der Waals surface area contributed by atoms with Crippen LogP contribution in [0, 0.1) is 11.8 Å². The third kappa shape index (κ3) is 4.75. The number of nitrogens with zero attached hydrogens (tertiary/aromatic N) is 3. The molecule has 1 aliphatic carbocycles. The number of amides is 2. The van der Waals surface area contributed by atoms with Crippen molar-refractivity contribution in [3.05, 3.63) is 11.7 Å². The molecular formula is C19H32N4O3. The van der Waals surface area contributed by atoms with Gasteiger partial charge in [-0.15, -0.1) is 0 Å². The van der Waals surface area contributed by atoms with Gasteiger partial charge in [-0.1, -0.05) is 31.8 Å². The maximum atomic E-state index is 12.4. The molecule has 7 heteroatoms. The topological polar surface area (TPSA) is 80.5 Å². The summed E-state index contributed by atoms with van der Waals surface area (Å²) in [5.41, 5.74) is -0.0641. The lowest BCUT2D eigenvalue weighted by Gasteiger charge is -2.40. The van der Waals surface area contributed by atoms with Crippen LogP contribution in [0.3, 0.4) is 0 Å². The number of urea groups is 1. The van der Waals surface area contributed by atoms with Gasteiger partial charge in [0.05, 0.1) is 0 Å². The van der Waals surface area contributed by atoms with Crippen LogP contribution in [-0.2, 0) is 16.8 Å². The van der Waals surface area contributed by atoms with E-state index < -0.39 is 0 Å². The van der Waals surface area contributed by atoms with Crippen LogP contribution in [-0.4, -0.2) is 47.8 Å². The zero-order valence-electron chi connectivity index (χ0n) is 16.3. The summed E-state index contributed by atoms with van der Waals surface area (Å²) in [5.74, 6) is 2.70. The zero-order chi connectivity index (χ0) is 18.6. The zero-order valence-corrected chi connectivity index (χ0v) is 16.3. The van der Waals surface area contributed by atoms with Gasteiger partial charge in [0.15, 0.2) is 5.82 Å². The lowest BCUT2D eigenvalue weighted by atomic mass is 9.73. The van der Waals surface area contributed by atoms with Crippen LogP contribution in [0.2, 0.25) is 0 Å². The van der Waals surface area contributed by atoms with Crippen LogP contribution < -0.4 is 5.32 Å². The Hall–Kier alpha value is -1.63. The van der Waals surface area contributed by atoms with Gasteiger partial charge in [-0.05, 0) is 37.5 Å². The Kier molecular flexibility index (Phi) is 6.16. The van der Waals surface area contributed by atoms with E-state index in [1.165, 1.54) is 12.8 Å². The summed E-state index contributed by atoms with van der Waals surface area (Å²) in [6, 6.07) is 0.0545. The molecule has 146 valence electrons. The summed E-state index contributed by atoms with van der Waals surface area (Å²) in [4.78, 5) is 18.9. The van der Waals surface area contributed by atoms with Gasteiger partial charge in [0.25, 0.3) is 5.89 Å². The first-order chi connectivity index (χ1) is 12.5. The van der Waals surface area contributed by atoms with Crippen molar-refractivity contribution in [3.63, 3.8) is 0 Å². The Bertz CT molecular complexity index is 589. The molecule has 2 aliphatic rings. The molecule has 1 saturated carbocycles. The average molecular weight is 364 g/mol. The smallest absolute Gasteiger partial charge is 0.317 e. The lowest BCUT2D eigenvalue weighted by molar-refractivity contribution is 0.143. The van der Waals surface area contributed by atoms with E-state index in [9.17, 15) is 4.79 Å². The maximum absolute atomic E-state index is 12.4. The minimum Gasteiger partial charge on any atom is -0.375 e. The van der Waals surface area contributed by atoms with Gasteiger partial charge in [-0.3, -0.25) is 0 Å². The van der Waals surface area contributed by atoms with Crippen molar-refractivity contribution in [1.29, 1.82) is 0 Å². The first kappa shape index (κ1) is 19.1. The second-order valence-corrected chi connectivity index (χ2v) is 8.27. The molecule has 1 N–H and O–H groups in total. The average Bonchev–Trinajstić information content (AvgIpc) is 3.29. The number of likely N-dealkylation sites (tertiary alicyclic amines) is 1. The van der Waals surface area contributed by atoms with Crippen LogP contribution >= 0.6 is 0 Å². The van der Waals surface area contributed by atoms with Gasteiger partial charge < -0.3 is 19.5 Å². The number of carbonyl (C=O) groups excluding carboxylic acids is 1. The van der Waals surface area contributed by atoms with E-state index in [1.54, 1.807) is 7.11 Å². The standard InChI is InChI=1S/C19H32N4O3/c1-14(2)6-9-20-18(24)23-10-7-19(8-11-23,12-15-4-5-15)17-21-16(13-25-3)26-22-17/h14-15H,4-13H2,1-3H3,(H,20,24). The fourth-order valence-corrected chi connectivity index (χ4v) is 3.76. The minimum atomic E-state index is -0.0641. The predicted octanol–water partition coefficient (Wildman–Crippen LogP) is 3.11. The first-order valence-corrected chi connectivity index (χ1v) is 9.87. The Morgan fingerprint density at radius 2 is 2.12 bits per heavy atom. The molecule has 0 aromatic carbocycles. The highest BCUT2D eigenvalue weighted by atomic mass is 16.5. The molecule has 1 saturated heterocycles. The predicted molar refractivity (Wildman–Crippen MR) is 97.7 cm³/mol. The number of methoxy groups -OCH3 is 1. The highest BCUT2D eigenvalue weighted by Crippen LogP contribution is 2.46. The second kappa shape index (κ2) is 8.37. The van der Waals surface area contributed by atoms with E-state index in [0.717, 1.165) is 57.1 Å². The molecule has 0 atom stereocenters. The van der Waals surface area contributed by atoms with Crippen LogP contribution in [0.4, 0.5) is 4.79 Å². The molecule has 2 heterocycles. The fraction of sp³-hybridized carbons (Fsp3) is 0.842. The van der Waals surface area contributed by atoms with E-state index in [0.29, 0.717) is 18.4 Å². The Balaban J connectivity index is 1.60. The number of rotatable bonds is 8. The van der Waals surface area contributed by atoms with Crippen LogP contribution in [0.25, 0.3) is 0 Å². The van der Waals surface area contributed by atoms with Crippen molar-refractivity contribution < 1.29 is 14.1 Å². The number of hydrogen-bond donors (Lipinski definition) is 1. The van der Waals surface area contributed by atoms with Crippen LogP contribution in [0.15, 0.2) is 4.52 Å². The minimum absolute atomic E-state index is 0.0545. The molecule has 26 heavy (non-hydrogen) atoms. The molecule has 7 nitrogen and oxygen atoms in total. The normalized spacial score (nSPS) is 19.8. The summed E-state index contributed by atoms with van der Waals surface area (Å²) in [7, 11) is 1.63. The van der Waals surface area contributed by atoms with Gasteiger partial charge in [-0.2, -0.15) is 4.98 Å². The summed E-state index contributed by atoms with van der Waals surface area (Å²) in [6.45, 7) is 6.91. The Labute approximate surface area is 155 Å². The number of nitrogens with one attached hydrogen (secondary N) is 1. The van der Waals surface area contributed by atoms with E-state index in [-0.39, 0.29) is 11.4 Å². The summed E-state index contributed by atoms with van der Waals surface area (Å²) < 4.78 is 10.5. The summed E-state index contributed by atoms with van der Waals surface area (Å²) >= 11 is 0. The largest absolute Gasteiger partial charge is 0.375 e. The van der Waals surface area contributed by atoms with E-state index >= 15 is 0 Å². The number of carbonyl (C=O) groups is 1. The van der Waals surface area contributed by atoms with Gasteiger partial charge >= 0.3 is 6.03 Å². The first-order valence-electron chi connectivity index (χ1n) is 9.87. The monoisotopic (exact) mass is 364 g/mol. The third-order valence-electron chi connectivity index (χ3n) is 5.59. The molecule has 1 aliphatic heterocycles. The molecule has 2 fully saturated rings. The number of hydrogen-bond acceptors (Lipinski definition) is 5. The molecule has 0 unspecified atom stereocenters. The summed E-state index contributed by atoms with van der Waals surface area (Å²) in [6.07, 6.45) is 6.49. The molecule has 0 radical (unpaired) electrons. The van der Waals surface area contributed by atoms with Gasteiger partial charge in [0.1, 0.15) is 6.61 Å². The SMILES string of the molecule is COCc1nc(C2(CC3CC3)CCN(C(=O)NCCC(C)C)CC2)no1. The Morgan fingerprint density at radius 1 is 1.38 bits per heavy atom. The number of aromatic nitrogens is 2. The van der Waals surface area contributed by atoms with Crippen molar-refractivity contribution >= 4 is 6.03 Å². The molecule has 0 spiro atoms. The second-order valence-electron chi connectivity index (χ2n) is 8.27. The molecular weight excluding hydrogens is 332 g/mol. The highest BCUT2D eigenvalue weighted by molar-refractivity contribution is 5.74. The maximum Gasteiger partial charge on any atom is 0.317 e. The number of ether oxygens (including phenoxy) is 1. The molecule has 3 rings (SSSR count). The lowest BCUT2D eigenvalue weighted by Crippen LogP contribution is -2.49. The van der Waals surface area contributed by atoms with E-state index in [4.69, 9.17) is 9.26 Å². The molecule has 1 aromatic heterocycles. The van der Waals surface area contributed by atoms with Crippen molar-refractivity contribution in [2.75, 3.05) is 26.7 Å². The van der Waals surface area contributed by atoms with Crippen molar-refractivity contribution in [1.82, 2.24) is 20.4 Å². The van der Waals surface area contributed by atoms with E-state index in [2.05, 4.69) is 29.3 Å². The molecule has 1 aromatic rings. The van der Waals surface area contributed by atoms with Crippen molar-refractivity contribution in [2.45, 2.75) is 64.4 Å². The summed E-state index contributed by atoms with van der Waals surface area (Å²) in [5, 5.41) is 7.31. The van der Waals surface area contributed by atoms with Gasteiger partial charge in [-0.25, -0.2) is 4.79 Å².